The predicted molar refractivity (Wildman–Crippen MR) is 94.6 cm³/mol. The molecular formula is C18H24N2O3S. The molecule has 1 aromatic carbocycles. The molecule has 2 saturated carbocycles. The zero-order valence-electron chi connectivity index (χ0n) is 13.8. The number of nitrogens with zero attached hydrogens (tertiary/aromatic N) is 1. The number of benzene rings is 1. The molecule has 1 amide bonds. The number of anilines is 2. The van der Waals surface area contributed by atoms with E-state index in [0.717, 1.165) is 62.6 Å². The average Bonchev–Trinajstić information content (AvgIpc) is 3.35. The van der Waals surface area contributed by atoms with Gasteiger partial charge in [0.1, 0.15) is 0 Å². The van der Waals surface area contributed by atoms with Crippen LogP contribution in [0.1, 0.15) is 50.5 Å². The number of carbonyl (C=O) groups is 1. The fourth-order valence-electron chi connectivity index (χ4n) is 3.85. The summed E-state index contributed by atoms with van der Waals surface area (Å²) in [5, 5.41) is -0.288. The molecule has 5 nitrogen and oxygen atoms in total. The van der Waals surface area contributed by atoms with Gasteiger partial charge in [0.2, 0.25) is 15.9 Å². The summed E-state index contributed by atoms with van der Waals surface area (Å²) in [6.45, 7) is 0.712. The largest absolute Gasteiger partial charge is 0.312 e. The third-order valence-corrected chi connectivity index (χ3v) is 7.29. The van der Waals surface area contributed by atoms with Crippen molar-refractivity contribution in [1.29, 1.82) is 0 Å². The van der Waals surface area contributed by atoms with Gasteiger partial charge in [0.25, 0.3) is 0 Å². The van der Waals surface area contributed by atoms with Crippen molar-refractivity contribution in [3.8, 4) is 0 Å². The van der Waals surface area contributed by atoms with Crippen molar-refractivity contribution >= 4 is 27.3 Å². The minimum atomic E-state index is -3.35. The van der Waals surface area contributed by atoms with Crippen LogP contribution >= 0.6 is 0 Å². The van der Waals surface area contributed by atoms with Crippen LogP contribution in [0, 0.1) is 5.92 Å². The topological polar surface area (TPSA) is 66.5 Å². The normalized spacial score (nSPS) is 21.6. The first kappa shape index (κ1) is 15.9. The Morgan fingerprint density at radius 2 is 1.83 bits per heavy atom. The van der Waals surface area contributed by atoms with E-state index < -0.39 is 10.0 Å². The molecule has 1 aliphatic heterocycles. The van der Waals surface area contributed by atoms with Crippen molar-refractivity contribution in [2.45, 2.75) is 56.6 Å². The maximum atomic E-state index is 12.6. The number of sulfonamides is 1. The van der Waals surface area contributed by atoms with Crippen molar-refractivity contribution in [2.24, 2.45) is 5.92 Å². The number of nitrogens with one attached hydrogen (secondary N) is 1. The second kappa shape index (κ2) is 6.06. The van der Waals surface area contributed by atoms with Gasteiger partial charge >= 0.3 is 0 Å². The number of rotatable bonds is 4. The van der Waals surface area contributed by atoms with Gasteiger partial charge in [0, 0.05) is 18.2 Å². The molecule has 0 unspecified atom stereocenters. The van der Waals surface area contributed by atoms with Crippen LogP contribution < -0.4 is 9.62 Å². The van der Waals surface area contributed by atoms with Crippen LogP contribution in [0.5, 0.6) is 0 Å². The van der Waals surface area contributed by atoms with Crippen LogP contribution in [0.15, 0.2) is 18.2 Å². The fraction of sp³-hybridized carbons (Fsp3) is 0.611. The van der Waals surface area contributed by atoms with Gasteiger partial charge in [0.15, 0.2) is 0 Å². The third-order valence-electron chi connectivity index (χ3n) is 5.42. The molecule has 0 radical (unpaired) electrons. The predicted octanol–water partition coefficient (Wildman–Crippen LogP) is 3.06. The summed E-state index contributed by atoms with van der Waals surface area (Å²) in [5.41, 5.74) is 2.59. The molecule has 0 aromatic heterocycles. The Balaban J connectivity index is 1.54. The zero-order chi connectivity index (χ0) is 16.7. The van der Waals surface area contributed by atoms with Gasteiger partial charge in [-0.1, -0.05) is 25.3 Å². The molecule has 1 heterocycles. The lowest BCUT2D eigenvalue weighted by Crippen LogP contribution is -2.31. The minimum absolute atomic E-state index is 0.179. The molecule has 0 bridgehead atoms. The van der Waals surface area contributed by atoms with Gasteiger partial charge in [-0.15, -0.1) is 0 Å². The Bertz CT molecular complexity index is 750. The van der Waals surface area contributed by atoms with Crippen molar-refractivity contribution in [2.75, 3.05) is 16.2 Å². The van der Waals surface area contributed by atoms with E-state index in [1.54, 1.807) is 0 Å². The van der Waals surface area contributed by atoms with Gasteiger partial charge in [-0.05, 0) is 49.8 Å². The monoisotopic (exact) mass is 348 g/mol. The molecule has 3 aliphatic rings. The molecular weight excluding hydrogens is 324 g/mol. The summed E-state index contributed by atoms with van der Waals surface area (Å²) in [6.07, 6.45) is 7.40. The highest BCUT2D eigenvalue weighted by Crippen LogP contribution is 2.38. The van der Waals surface area contributed by atoms with E-state index in [9.17, 15) is 13.2 Å². The lowest BCUT2D eigenvalue weighted by Gasteiger charge is -2.23. The standard InChI is InChI=1S/C18H24N2O3S/c21-18(14-6-7-14)20-11-10-13-8-9-15(12-17(13)20)19-24(22,23)16-4-2-1-3-5-16/h8-9,12,14,16,19H,1-7,10-11H2. The third kappa shape index (κ3) is 3.04. The second-order valence-corrected chi connectivity index (χ2v) is 9.23. The number of fused-ring (bicyclic) bond motifs is 1. The van der Waals surface area contributed by atoms with Gasteiger partial charge < -0.3 is 4.90 Å². The van der Waals surface area contributed by atoms with E-state index in [4.69, 9.17) is 0 Å². The lowest BCUT2D eigenvalue weighted by atomic mass is 10.0. The van der Waals surface area contributed by atoms with Gasteiger partial charge in [0.05, 0.1) is 10.9 Å². The maximum Gasteiger partial charge on any atom is 0.235 e. The highest BCUT2D eigenvalue weighted by molar-refractivity contribution is 7.93. The van der Waals surface area contributed by atoms with Crippen LogP contribution in [-0.4, -0.2) is 26.1 Å². The molecule has 2 aliphatic carbocycles. The molecule has 0 saturated heterocycles. The highest BCUT2D eigenvalue weighted by Gasteiger charge is 2.36. The van der Waals surface area contributed by atoms with E-state index in [-0.39, 0.29) is 17.1 Å². The van der Waals surface area contributed by atoms with Crippen molar-refractivity contribution < 1.29 is 13.2 Å². The van der Waals surface area contributed by atoms with Crippen LogP contribution in [-0.2, 0) is 21.2 Å². The van der Waals surface area contributed by atoms with Crippen LogP contribution in [0.25, 0.3) is 0 Å². The smallest absolute Gasteiger partial charge is 0.235 e. The van der Waals surface area contributed by atoms with E-state index in [2.05, 4.69) is 4.72 Å². The highest BCUT2D eigenvalue weighted by atomic mass is 32.2. The van der Waals surface area contributed by atoms with Crippen LogP contribution in [0.4, 0.5) is 11.4 Å². The quantitative estimate of drug-likeness (QED) is 0.909. The summed E-state index contributed by atoms with van der Waals surface area (Å²) < 4.78 is 28.0. The van der Waals surface area contributed by atoms with Gasteiger partial charge in [-0.25, -0.2) is 8.42 Å². The first-order valence-corrected chi connectivity index (χ1v) is 10.6. The van der Waals surface area contributed by atoms with Crippen LogP contribution in [0.3, 0.4) is 0 Å². The number of hydrogen-bond donors (Lipinski definition) is 1. The van der Waals surface area contributed by atoms with E-state index in [1.165, 1.54) is 0 Å². The van der Waals surface area contributed by atoms with E-state index in [1.807, 2.05) is 23.1 Å². The Kier molecular flexibility index (Phi) is 4.03. The van der Waals surface area contributed by atoms with Crippen molar-refractivity contribution in [3.63, 3.8) is 0 Å². The minimum Gasteiger partial charge on any atom is -0.312 e. The molecule has 1 aromatic rings. The van der Waals surface area contributed by atoms with Crippen LogP contribution in [0.2, 0.25) is 0 Å². The molecule has 1 N–H and O–H groups in total. The van der Waals surface area contributed by atoms with Gasteiger partial charge in [-0.3, -0.25) is 9.52 Å². The Hall–Kier alpha value is -1.56. The fourth-order valence-corrected chi connectivity index (χ4v) is 5.42. The Morgan fingerprint density at radius 1 is 1.08 bits per heavy atom. The van der Waals surface area contributed by atoms with Gasteiger partial charge in [-0.2, -0.15) is 0 Å². The SMILES string of the molecule is O=C(C1CC1)N1CCc2ccc(NS(=O)(=O)C3CCCCC3)cc21. The average molecular weight is 348 g/mol. The molecule has 130 valence electrons. The summed E-state index contributed by atoms with van der Waals surface area (Å²) in [6, 6.07) is 5.61. The van der Waals surface area contributed by atoms with Crippen molar-refractivity contribution in [3.05, 3.63) is 23.8 Å². The summed E-state index contributed by atoms with van der Waals surface area (Å²) in [7, 11) is -3.35. The molecule has 6 heteroatoms. The summed E-state index contributed by atoms with van der Waals surface area (Å²) >= 11 is 0. The number of carbonyl (C=O) groups excluding carboxylic acids is 1. The number of amides is 1. The molecule has 2 fully saturated rings. The lowest BCUT2D eigenvalue weighted by molar-refractivity contribution is -0.119. The molecule has 4 rings (SSSR count). The second-order valence-electron chi connectivity index (χ2n) is 7.26. The first-order chi connectivity index (χ1) is 11.5. The summed E-state index contributed by atoms with van der Waals surface area (Å²) in [5.74, 6) is 0.375. The Morgan fingerprint density at radius 3 is 2.54 bits per heavy atom. The molecule has 0 atom stereocenters. The number of hydrogen-bond acceptors (Lipinski definition) is 3. The van der Waals surface area contributed by atoms with Crippen molar-refractivity contribution in [1.82, 2.24) is 0 Å². The van der Waals surface area contributed by atoms with E-state index >= 15 is 0 Å². The van der Waals surface area contributed by atoms with E-state index in [0.29, 0.717) is 12.2 Å². The maximum absolute atomic E-state index is 12.6. The molecule has 0 spiro atoms. The molecule has 24 heavy (non-hydrogen) atoms. The Labute approximate surface area is 143 Å². The summed E-state index contributed by atoms with van der Waals surface area (Å²) in [4.78, 5) is 14.2. The zero-order valence-corrected chi connectivity index (χ0v) is 14.6. The first-order valence-electron chi connectivity index (χ1n) is 9.00.